The van der Waals surface area contributed by atoms with Crippen molar-refractivity contribution in [2.45, 2.75) is 57.5 Å². The Morgan fingerprint density at radius 1 is 0.879 bits per heavy atom. The second-order valence-corrected chi connectivity index (χ2v) is 12.8. The molecule has 0 unspecified atom stereocenters. The van der Waals surface area contributed by atoms with Crippen LogP contribution in [0.1, 0.15) is 19.3 Å². The van der Waals surface area contributed by atoms with E-state index in [2.05, 4.69) is 0 Å². The molecule has 7 nitrogen and oxygen atoms in total. The Kier molecular flexibility index (Phi) is 5.95. The molecule has 2 fully saturated rings. The normalized spacial score (nSPS) is 31.6. The first kappa shape index (κ1) is 22.7. The van der Waals surface area contributed by atoms with Gasteiger partial charge in [0, 0.05) is 6.61 Å². The van der Waals surface area contributed by atoms with Gasteiger partial charge in [-0.05, 0) is 43.5 Å². The molecule has 0 radical (unpaired) electrons. The van der Waals surface area contributed by atoms with Crippen LogP contribution >= 0.6 is 0 Å². The summed E-state index contributed by atoms with van der Waals surface area (Å²) in [4.78, 5) is 0.126. The second kappa shape index (κ2) is 8.63. The van der Waals surface area contributed by atoms with Crippen molar-refractivity contribution in [2.75, 3.05) is 13.2 Å². The highest BCUT2D eigenvalue weighted by atomic mass is 32.2. The van der Waals surface area contributed by atoms with Crippen LogP contribution in [0.2, 0.25) is 0 Å². The largest absolute Gasteiger partial charge is 0.358 e. The molecule has 2 aromatic carbocycles. The third-order valence-electron chi connectivity index (χ3n) is 6.50. The lowest BCUT2D eigenvalue weighted by Gasteiger charge is -2.34. The molecule has 2 aromatic rings. The van der Waals surface area contributed by atoms with Crippen LogP contribution in [-0.2, 0) is 33.9 Å². The van der Waals surface area contributed by atoms with Crippen molar-refractivity contribution >= 4 is 19.7 Å². The van der Waals surface area contributed by atoms with Crippen LogP contribution in [0.4, 0.5) is 0 Å². The van der Waals surface area contributed by atoms with Crippen molar-refractivity contribution in [1.29, 1.82) is 0 Å². The highest BCUT2D eigenvalue weighted by Crippen LogP contribution is 2.48. The van der Waals surface area contributed by atoms with E-state index in [1.807, 2.05) is 0 Å². The maximum atomic E-state index is 13.9. The molecular weight excluding hydrogens is 464 g/mol. The molecule has 0 aliphatic carbocycles. The van der Waals surface area contributed by atoms with Gasteiger partial charge in [0.25, 0.3) is 0 Å². The Balaban J connectivity index is 1.57. The molecule has 0 spiro atoms. The predicted molar refractivity (Wildman–Crippen MR) is 121 cm³/mol. The quantitative estimate of drug-likeness (QED) is 0.551. The summed E-state index contributed by atoms with van der Waals surface area (Å²) in [5.74, 6) is 0. The lowest BCUT2D eigenvalue weighted by molar-refractivity contribution is -0.185. The van der Waals surface area contributed by atoms with Gasteiger partial charge in [0.05, 0.1) is 22.5 Å². The summed E-state index contributed by atoms with van der Waals surface area (Å²) in [6, 6.07) is 15.8. The minimum absolute atomic E-state index is 0.0566. The van der Waals surface area contributed by atoms with Gasteiger partial charge >= 0.3 is 0 Å². The van der Waals surface area contributed by atoms with Crippen molar-refractivity contribution < 1.29 is 31.0 Å². The maximum absolute atomic E-state index is 13.9. The number of fused-ring (bicyclic) bond motifs is 2. The molecule has 2 bridgehead atoms. The zero-order valence-electron chi connectivity index (χ0n) is 17.9. The maximum Gasteiger partial charge on any atom is 0.185 e. The molecule has 3 aliphatic rings. The average Bonchev–Trinajstić information content (AvgIpc) is 3.42. The molecule has 33 heavy (non-hydrogen) atoms. The van der Waals surface area contributed by atoms with E-state index in [1.54, 1.807) is 48.6 Å². The van der Waals surface area contributed by atoms with E-state index in [4.69, 9.17) is 14.2 Å². The Bertz CT molecular complexity index is 1220. The lowest BCUT2D eigenvalue weighted by atomic mass is 9.94. The van der Waals surface area contributed by atoms with Crippen LogP contribution in [-0.4, -0.2) is 58.5 Å². The molecule has 0 N–H and O–H groups in total. The van der Waals surface area contributed by atoms with Gasteiger partial charge in [-0.25, -0.2) is 16.8 Å². The van der Waals surface area contributed by atoms with Crippen molar-refractivity contribution in [3.8, 4) is 0 Å². The van der Waals surface area contributed by atoms with Crippen molar-refractivity contribution in [3.05, 3.63) is 72.8 Å². The summed E-state index contributed by atoms with van der Waals surface area (Å²) >= 11 is 0. The first-order valence-corrected chi connectivity index (χ1v) is 14.1. The minimum Gasteiger partial charge on any atom is -0.358 e. The summed E-state index contributed by atoms with van der Waals surface area (Å²) in [5, 5.41) is -2.66. The van der Waals surface area contributed by atoms with E-state index in [9.17, 15) is 16.8 Å². The SMILES string of the molecule is O=S(=O)(c1ccccc1)[C@@H]1[C@H]2C=C[C@@](CO[C@@H]3CCCCO3)(O2)[C@H]1S(=O)(=O)c1ccccc1. The van der Waals surface area contributed by atoms with Crippen LogP contribution in [0.5, 0.6) is 0 Å². The fourth-order valence-electron chi connectivity index (χ4n) is 4.91. The average molecular weight is 491 g/mol. The third kappa shape index (κ3) is 3.95. The molecule has 3 aliphatic heterocycles. The Morgan fingerprint density at radius 3 is 2.12 bits per heavy atom. The van der Waals surface area contributed by atoms with E-state index in [0.29, 0.717) is 13.0 Å². The number of sulfone groups is 2. The smallest absolute Gasteiger partial charge is 0.185 e. The molecule has 2 saturated heterocycles. The van der Waals surface area contributed by atoms with Crippen LogP contribution in [0.25, 0.3) is 0 Å². The van der Waals surface area contributed by atoms with Crippen LogP contribution in [0.15, 0.2) is 82.6 Å². The van der Waals surface area contributed by atoms with E-state index < -0.39 is 48.2 Å². The first-order chi connectivity index (χ1) is 15.8. The molecule has 9 heteroatoms. The Morgan fingerprint density at radius 2 is 1.52 bits per heavy atom. The molecule has 0 aromatic heterocycles. The topological polar surface area (TPSA) is 96.0 Å². The number of benzene rings is 2. The Labute approximate surface area is 194 Å². The molecule has 0 amide bonds. The van der Waals surface area contributed by atoms with Gasteiger partial charge in [-0.2, -0.15) is 0 Å². The van der Waals surface area contributed by atoms with Crippen LogP contribution in [0, 0.1) is 0 Å². The van der Waals surface area contributed by atoms with E-state index >= 15 is 0 Å². The second-order valence-electron chi connectivity index (χ2n) is 8.61. The molecule has 176 valence electrons. The first-order valence-electron chi connectivity index (χ1n) is 11.0. The highest BCUT2D eigenvalue weighted by Gasteiger charge is 2.66. The fourth-order valence-corrected chi connectivity index (χ4v) is 9.76. The van der Waals surface area contributed by atoms with Gasteiger partial charge in [-0.15, -0.1) is 0 Å². The highest BCUT2D eigenvalue weighted by molar-refractivity contribution is 7.96. The summed E-state index contributed by atoms with van der Waals surface area (Å²) in [6.45, 7) is 0.468. The zero-order valence-corrected chi connectivity index (χ0v) is 19.6. The molecule has 3 heterocycles. The van der Waals surface area contributed by atoms with Gasteiger partial charge in [-0.3, -0.25) is 0 Å². The van der Waals surface area contributed by atoms with Gasteiger partial charge in [0.15, 0.2) is 26.0 Å². The van der Waals surface area contributed by atoms with Crippen LogP contribution < -0.4 is 0 Å². The standard InChI is InChI=1S/C24H26O7S2/c25-32(26,18-9-3-1-4-10-18)22-20-14-15-24(31-20,17-30-21-13-7-8-16-29-21)23(22)33(27,28)19-11-5-2-6-12-19/h1-6,9-12,14-15,20-23H,7-8,13,16-17H2/t20-,21-,22-,23+,24+/m1/s1. The Hall–Kier alpha value is -2.04. The monoisotopic (exact) mass is 490 g/mol. The summed E-state index contributed by atoms with van der Waals surface area (Å²) in [7, 11) is -8.13. The minimum atomic E-state index is -4.10. The number of ether oxygens (including phenoxy) is 3. The van der Waals surface area contributed by atoms with E-state index in [0.717, 1.165) is 12.8 Å². The summed E-state index contributed by atoms with van der Waals surface area (Å²) in [5.41, 5.74) is -1.42. The molecule has 5 atom stereocenters. The van der Waals surface area contributed by atoms with E-state index in [-0.39, 0.29) is 16.4 Å². The zero-order chi connectivity index (χ0) is 23.1. The summed E-state index contributed by atoms with van der Waals surface area (Å²) in [6.07, 6.45) is 4.55. The van der Waals surface area contributed by atoms with Crippen molar-refractivity contribution in [1.82, 2.24) is 0 Å². The molecule has 5 rings (SSSR count). The van der Waals surface area contributed by atoms with Crippen molar-refractivity contribution in [3.63, 3.8) is 0 Å². The molecular formula is C24H26O7S2. The summed E-state index contributed by atoms with van der Waals surface area (Å²) < 4.78 is 73.0. The lowest BCUT2D eigenvalue weighted by Crippen LogP contribution is -2.54. The number of hydrogen-bond acceptors (Lipinski definition) is 7. The van der Waals surface area contributed by atoms with Crippen molar-refractivity contribution in [2.24, 2.45) is 0 Å². The van der Waals surface area contributed by atoms with Gasteiger partial charge in [0.2, 0.25) is 0 Å². The van der Waals surface area contributed by atoms with Gasteiger partial charge in [-0.1, -0.05) is 48.6 Å². The van der Waals surface area contributed by atoms with Crippen LogP contribution in [0.3, 0.4) is 0 Å². The third-order valence-corrected chi connectivity index (χ3v) is 11.1. The fraction of sp³-hybridized carbons (Fsp3) is 0.417. The van der Waals surface area contributed by atoms with E-state index in [1.165, 1.54) is 24.3 Å². The van der Waals surface area contributed by atoms with Gasteiger partial charge in [0.1, 0.15) is 16.1 Å². The number of hydrogen-bond donors (Lipinski definition) is 0. The van der Waals surface area contributed by atoms with Gasteiger partial charge < -0.3 is 14.2 Å². The molecule has 0 saturated carbocycles. The predicted octanol–water partition coefficient (Wildman–Crippen LogP) is 2.92. The number of rotatable bonds is 7.